The molecule has 11 nitrogen and oxygen atoms in total. The average molecular weight is 696 g/mol. The first-order valence-electron chi connectivity index (χ1n) is 16.2. The van der Waals surface area contributed by atoms with Gasteiger partial charge in [0.1, 0.15) is 29.8 Å². The number of carbonyl (C=O) groups excluding carboxylic acids is 4. The van der Waals surface area contributed by atoms with E-state index < -0.39 is 25.8 Å². The van der Waals surface area contributed by atoms with Gasteiger partial charge in [0, 0.05) is 57.3 Å². The molecular formula is C35H46ClN5O6Si. The summed E-state index contributed by atoms with van der Waals surface area (Å²) in [6.07, 6.45) is 3.76. The molecule has 2 aromatic heterocycles. The van der Waals surface area contributed by atoms with Crippen molar-refractivity contribution in [3.05, 3.63) is 88.0 Å². The minimum absolute atomic E-state index is 0.0978. The van der Waals surface area contributed by atoms with Gasteiger partial charge in [0.05, 0.1) is 0 Å². The van der Waals surface area contributed by atoms with Crippen LogP contribution >= 0.6 is 11.6 Å². The van der Waals surface area contributed by atoms with E-state index in [1.54, 1.807) is 85.1 Å². The van der Waals surface area contributed by atoms with Gasteiger partial charge >= 0.3 is 6.09 Å². The number of hydrogen-bond donors (Lipinski definition) is 2. The number of aromatic nitrogens is 2. The van der Waals surface area contributed by atoms with Gasteiger partial charge in [-0.05, 0) is 81.1 Å². The van der Waals surface area contributed by atoms with Crippen molar-refractivity contribution in [3.63, 3.8) is 0 Å². The largest absolute Gasteiger partial charge is 0.444 e. The fourth-order valence-electron chi connectivity index (χ4n) is 5.25. The van der Waals surface area contributed by atoms with Crippen molar-refractivity contribution >= 4 is 43.4 Å². The smallest absolute Gasteiger partial charge is 0.407 e. The highest BCUT2D eigenvalue weighted by Crippen LogP contribution is 2.24. The van der Waals surface area contributed by atoms with Crippen molar-refractivity contribution in [3.8, 4) is 0 Å². The van der Waals surface area contributed by atoms with E-state index in [4.69, 9.17) is 21.1 Å². The Morgan fingerprint density at radius 1 is 1.02 bits per heavy atom. The molecule has 1 saturated heterocycles. The average Bonchev–Trinajstić information content (AvgIpc) is 3.68. The van der Waals surface area contributed by atoms with E-state index in [0.717, 1.165) is 17.2 Å². The molecule has 0 aliphatic carbocycles. The zero-order valence-corrected chi connectivity index (χ0v) is 30.4. The zero-order valence-electron chi connectivity index (χ0n) is 28.6. The van der Waals surface area contributed by atoms with Crippen molar-refractivity contribution in [1.82, 2.24) is 25.1 Å². The molecular weight excluding hydrogens is 650 g/mol. The topological polar surface area (TPSA) is 132 Å². The minimum atomic E-state index is -1.34. The maximum absolute atomic E-state index is 14.0. The molecule has 13 heteroatoms. The van der Waals surface area contributed by atoms with Crippen LogP contribution in [-0.2, 0) is 34.1 Å². The third-order valence-electron chi connectivity index (χ3n) is 7.76. The third kappa shape index (κ3) is 10.5. The van der Waals surface area contributed by atoms with Crippen LogP contribution in [0.25, 0.3) is 0 Å². The summed E-state index contributed by atoms with van der Waals surface area (Å²) >= 11 is 6.27. The summed E-state index contributed by atoms with van der Waals surface area (Å²) in [4.78, 5) is 58.8. The van der Waals surface area contributed by atoms with Crippen molar-refractivity contribution in [1.29, 1.82) is 0 Å². The molecule has 1 aliphatic heterocycles. The van der Waals surface area contributed by atoms with Gasteiger partial charge in [0.15, 0.2) is 0 Å². The lowest BCUT2D eigenvalue weighted by Crippen LogP contribution is -2.46. The minimum Gasteiger partial charge on any atom is -0.444 e. The number of carbonyl (C=O) groups is 4. The van der Waals surface area contributed by atoms with Crippen molar-refractivity contribution < 1.29 is 28.7 Å². The molecule has 0 radical (unpaired) electrons. The molecule has 2 N–H and O–H groups in total. The lowest BCUT2D eigenvalue weighted by molar-refractivity contribution is -0.125. The monoisotopic (exact) mass is 695 g/mol. The molecule has 4 rings (SSSR count). The highest BCUT2D eigenvalue weighted by Gasteiger charge is 2.36. The predicted octanol–water partition coefficient (Wildman–Crippen LogP) is 6.03. The van der Waals surface area contributed by atoms with Crippen LogP contribution in [0.2, 0.25) is 30.7 Å². The summed E-state index contributed by atoms with van der Waals surface area (Å²) in [6, 6.07) is 12.2. The van der Waals surface area contributed by atoms with Gasteiger partial charge in [-0.1, -0.05) is 43.4 Å². The highest BCUT2D eigenvalue weighted by molar-refractivity contribution is 6.76. The maximum atomic E-state index is 14.0. The molecule has 258 valence electrons. The summed E-state index contributed by atoms with van der Waals surface area (Å²) in [5.74, 6) is -0.965. The van der Waals surface area contributed by atoms with Gasteiger partial charge in [-0.25, -0.2) is 4.79 Å². The van der Waals surface area contributed by atoms with Crippen LogP contribution in [0.15, 0.2) is 54.9 Å². The molecule has 3 aromatic rings. The molecule has 3 heterocycles. The summed E-state index contributed by atoms with van der Waals surface area (Å²) in [6.45, 7) is 13.5. The Labute approximate surface area is 288 Å². The Balaban J connectivity index is 1.48. The number of amides is 3. The van der Waals surface area contributed by atoms with Crippen LogP contribution in [0.1, 0.15) is 71.3 Å². The molecule has 0 unspecified atom stereocenters. The van der Waals surface area contributed by atoms with Crippen LogP contribution in [0.3, 0.4) is 0 Å². The highest BCUT2D eigenvalue weighted by atomic mass is 35.5. The molecule has 1 atom stereocenters. The summed E-state index contributed by atoms with van der Waals surface area (Å²) < 4.78 is 12.9. The number of rotatable bonds is 13. The molecule has 1 fully saturated rings. The zero-order chi connectivity index (χ0) is 35.1. The van der Waals surface area contributed by atoms with Gasteiger partial charge in [-0.3, -0.25) is 19.4 Å². The second kappa shape index (κ2) is 15.9. The first kappa shape index (κ1) is 36.8. The van der Waals surface area contributed by atoms with E-state index >= 15 is 0 Å². The number of benzene rings is 1. The predicted molar refractivity (Wildman–Crippen MR) is 187 cm³/mol. The Bertz CT molecular complexity index is 1620. The standard InChI is InChI=1S/C35H46ClN5O6Si/c1-35(2,3)47-34(45)39-20-24-12-13-27(36)18-25(24)21-38-32(43)29-11-9-15-41(29)33(44)30-19-26(31(42)28-10-7-8-14-37-28)22-40(30)23-46-16-17-48(4,5)6/h7-8,10,12-14,18-19,22,29H,9,11,15-17,20-21,23H2,1-6H3,(H,38,43)(H,39,45)/t29-/m0/s1. The van der Waals surface area contributed by atoms with Crippen molar-refractivity contribution in [2.45, 2.75) is 90.8 Å². The number of nitrogens with one attached hydrogen (secondary N) is 2. The second-order valence-electron chi connectivity index (χ2n) is 14.1. The number of ether oxygens (including phenoxy) is 2. The Hall–Kier alpha value is -4.00. The molecule has 1 aromatic carbocycles. The van der Waals surface area contributed by atoms with E-state index in [0.29, 0.717) is 36.6 Å². The van der Waals surface area contributed by atoms with Crippen LogP contribution in [-0.4, -0.2) is 71.0 Å². The van der Waals surface area contributed by atoms with Crippen LogP contribution in [0.4, 0.5) is 4.79 Å². The van der Waals surface area contributed by atoms with Gasteiger partial charge in [-0.2, -0.15) is 0 Å². The van der Waals surface area contributed by atoms with Gasteiger partial charge in [-0.15, -0.1) is 0 Å². The maximum Gasteiger partial charge on any atom is 0.407 e. The molecule has 3 amide bonds. The first-order chi connectivity index (χ1) is 22.6. The van der Waals surface area contributed by atoms with E-state index in [2.05, 4.69) is 35.3 Å². The van der Waals surface area contributed by atoms with Crippen molar-refractivity contribution in [2.24, 2.45) is 0 Å². The SMILES string of the molecule is CC(C)(C)OC(=O)NCc1ccc(Cl)cc1CNC(=O)[C@@H]1CCCN1C(=O)c1cc(C(=O)c2ccccn2)cn1COCC[Si](C)(C)C. The lowest BCUT2D eigenvalue weighted by Gasteiger charge is -2.25. The number of halogens is 1. The molecule has 0 spiro atoms. The van der Waals surface area contributed by atoms with E-state index in [1.165, 1.54) is 0 Å². The quantitative estimate of drug-likeness (QED) is 0.127. The van der Waals surface area contributed by atoms with E-state index in [1.807, 2.05) is 0 Å². The van der Waals surface area contributed by atoms with E-state index in [9.17, 15) is 19.2 Å². The molecule has 1 aliphatic rings. The summed E-state index contributed by atoms with van der Waals surface area (Å²) in [5.41, 5.74) is 1.72. The van der Waals surface area contributed by atoms with Gasteiger partial charge in [0.2, 0.25) is 11.7 Å². The summed E-state index contributed by atoms with van der Waals surface area (Å²) in [7, 11) is -1.34. The number of pyridine rings is 1. The van der Waals surface area contributed by atoms with Crippen LogP contribution in [0, 0.1) is 0 Å². The number of alkyl carbamates (subject to hydrolysis) is 1. The number of ketones is 1. The fourth-order valence-corrected chi connectivity index (χ4v) is 6.20. The number of nitrogens with zero attached hydrogens (tertiary/aromatic N) is 3. The second-order valence-corrected chi connectivity index (χ2v) is 20.2. The molecule has 48 heavy (non-hydrogen) atoms. The number of likely N-dealkylation sites (tertiary alicyclic amines) is 1. The van der Waals surface area contributed by atoms with Gasteiger partial charge in [0.25, 0.3) is 5.91 Å². The van der Waals surface area contributed by atoms with Crippen molar-refractivity contribution in [2.75, 3.05) is 13.2 Å². The Morgan fingerprint density at radius 2 is 1.77 bits per heavy atom. The normalized spacial score (nSPS) is 14.9. The van der Waals surface area contributed by atoms with E-state index in [-0.39, 0.29) is 48.8 Å². The van der Waals surface area contributed by atoms with Crippen LogP contribution < -0.4 is 10.6 Å². The first-order valence-corrected chi connectivity index (χ1v) is 20.3. The Kier molecular flexibility index (Phi) is 12.2. The van der Waals surface area contributed by atoms with Crippen LogP contribution in [0.5, 0.6) is 0 Å². The third-order valence-corrected chi connectivity index (χ3v) is 9.70. The number of hydrogen-bond acceptors (Lipinski definition) is 7. The van der Waals surface area contributed by atoms with Gasteiger partial charge < -0.3 is 29.6 Å². The lowest BCUT2D eigenvalue weighted by atomic mass is 10.1. The molecule has 0 bridgehead atoms. The molecule has 0 saturated carbocycles. The Morgan fingerprint density at radius 3 is 2.46 bits per heavy atom. The fraction of sp³-hybridized carbons (Fsp3) is 0.457. The summed E-state index contributed by atoms with van der Waals surface area (Å²) in [5, 5.41) is 6.19.